The van der Waals surface area contributed by atoms with Crippen LogP contribution >= 0.6 is 11.3 Å². The van der Waals surface area contributed by atoms with Crippen molar-refractivity contribution in [3.8, 4) is 10.6 Å². The first-order valence-corrected chi connectivity index (χ1v) is 6.09. The molecule has 0 aliphatic rings. The number of rotatable bonds is 2. The maximum Gasteiger partial charge on any atom is 0.416 e. The summed E-state index contributed by atoms with van der Waals surface area (Å²) < 4.78 is 51.1. The van der Waals surface area contributed by atoms with Crippen LogP contribution in [0.15, 0.2) is 18.2 Å². The number of benzene rings is 1. The summed E-state index contributed by atoms with van der Waals surface area (Å²) >= 11 is 0.704. The lowest BCUT2D eigenvalue weighted by Crippen LogP contribution is -2.05. The van der Waals surface area contributed by atoms with Gasteiger partial charge in [0.2, 0.25) is 0 Å². The van der Waals surface area contributed by atoms with Gasteiger partial charge in [-0.25, -0.2) is 14.2 Å². The number of nitrogens with zero attached hydrogens (tertiary/aromatic N) is 1. The highest BCUT2D eigenvalue weighted by atomic mass is 32.1. The molecule has 0 aliphatic heterocycles. The molecule has 0 bridgehead atoms. The van der Waals surface area contributed by atoms with Crippen LogP contribution in [0.25, 0.3) is 10.6 Å². The Bertz CT molecular complexity index is 679. The van der Waals surface area contributed by atoms with Crippen molar-refractivity contribution in [2.75, 3.05) is 0 Å². The predicted octanol–water partition coefficient (Wildman–Crippen LogP) is 3.97. The lowest BCUT2D eigenvalue weighted by Gasteiger charge is -2.08. The number of hydrogen-bond acceptors (Lipinski definition) is 3. The van der Waals surface area contributed by atoms with Crippen LogP contribution in [0, 0.1) is 12.7 Å². The predicted molar refractivity (Wildman–Crippen MR) is 64.2 cm³/mol. The van der Waals surface area contributed by atoms with Crippen LogP contribution in [0.1, 0.15) is 20.9 Å². The second-order valence-corrected chi connectivity index (χ2v) is 4.96. The highest BCUT2D eigenvalue weighted by Crippen LogP contribution is 2.35. The van der Waals surface area contributed by atoms with E-state index in [0.29, 0.717) is 17.4 Å². The number of hydrogen-bond donors (Lipinski definition) is 1. The third kappa shape index (κ3) is 2.79. The van der Waals surface area contributed by atoms with Gasteiger partial charge >= 0.3 is 12.1 Å². The van der Waals surface area contributed by atoms with Crippen molar-refractivity contribution in [3.63, 3.8) is 0 Å². The fourth-order valence-corrected chi connectivity index (χ4v) is 2.49. The standard InChI is InChI=1S/C12H7F4NO2S/c1-5-9(11(18)19)20-10(17-5)6-2-7(12(14,15)16)4-8(13)3-6/h2-4H,1H3,(H,18,19). The van der Waals surface area contributed by atoms with Gasteiger partial charge < -0.3 is 5.11 Å². The first kappa shape index (κ1) is 14.4. The minimum absolute atomic E-state index is 0.0323. The van der Waals surface area contributed by atoms with Crippen molar-refractivity contribution in [1.82, 2.24) is 4.98 Å². The van der Waals surface area contributed by atoms with E-state index in [4.69, 9.17) is 5.11 Å². The molecule has 0 spiro atoms. The molecule has 8 heteroatoms. The van der Waals surface area contributed by atoms with Crippen LogP contribution in [-0.2, 0) is 6.18 Å². The van der Waals surface area contributed by atoms with Gasteiger partial charge in [0, 0.05) is 5.56 Å². The highest BCUT2D eigenvalue weighted by molar-refractivity contribution is 7.17. The van der Waals surface area contributed by atoms with Crippen molar-refractivity contribution in [2.45, 2.75) is 13.1 Å². The Labute approximate surface area is 114 Å². The van der Waals surface area contributed by atoms with Gasteiger partial charge in [-0.15, -0.1) is 11.3 Å². The molecule has 20 heavy (non-hydrogen) atoms. The topological polar surface area (TPSA) is 50.2 Å². The number of carbonyl (C=O) groups is 1. The summed E-state index contributed by atoms with van der Waals surface area (Å²) in [7, 11) is 0. The Hall–Kier alpha value is -1.96. The zero-order valence-corrected chi connectivity index (χ0v) is 10.8. The van der Waals surface area contributed by atoms with Crippen molar-refractivity contribution >= 4 is 17.3 Å². The molecule has 1 heterocycles. The fourth-order valence-electron chi connectivity index (χ4n) is 1.60. The van der Waals surface area contributed by atoms with Crippen LogP contribution in [0.5, 0.6) is 0 Å². The Morgan fingerprint density at radius 2 is 1.95 bits per heavy atom. The summed E-state index contributed by atoms with van der Waals surface area (Å²) in [6.07, 6.45) is -4.68. The first-order valence-electron chi connectivity index (χ1n) is 5.27. The maximum absolute atomic E-state index is 13.3. The Morgan fingerprint density at radius 3 is 2.45 bits per heavy atom. The van der Waals surface area contributed by atoms with E-state index in [1.165, 1.54) is 6.92 Å². The maximum atomic E-state index is 13.3. The molecule has 0 radical (unpaired) electrons. The molecule has 3 nitrogen and oxygen atoms in total. The number of aryl methyl sites for hydroxylation is 1. The minimum Gasteiger partial charge on any atom is -0.477 e. The molecule has 0 unspecified atom stereocenters. The average Bonchev–Trinajstić information content (AvgIpc) is 2.69. The summed E-state index contributed by atoms with van der Waals surface area (Å²) in [5, 5.41) is 8.91. The van der Waals surface area contributed by atoms with Gasteiger partial charge in [0.25, 0.3) is 0 Å². The van der Waals surface area contributed by atoms with Crippen molar-refractivity contribution in [1.29, 1.82) is 0 Å². The third-order valence-corrected chi connectivity index (χ3v) is 3.66. The van der Waals surface area contributed by atoms with Gasteiger partial charge in [0.05, 0.1) is 11.3 Å². The normalized spacial score (nSPS) is 11.7. The Balaban J connectivity index is 2.56. The Kier molecular flexibility index (Phi) is 3.51. The SMILES string of the molecule is Cc1nc(-c2cc(F)cc(C(F)(F)F)c2)sc1C(=O)O. The van der Waals surface area contributed by atoms with E-state index >= 15 is 0 Å². The molecule has 0 amide bonds. The van der Waals surface area contributed by atoms with Gasteiger partial charge in [-0.2, -0.15) is 13.2 Å². The molecule has 0 aliphatic carbocycles. The van der Waals surface area contributed by atoms with Crippen molar-refractivity contribution in [2.24, 2.45) is 0 Å². The molecule has 0 saturated carbocycles. The lowest BCUT2D eigenvalue weighted by molar-refractivity contribution is -0.137. The number of carboxylic acid groups (broad SMARTS) is 1. The second-order valence-electron chi connectivity index (χ2n) is 3.97. The van der Waals surface area contributed by atoms with Gasteiger partial charge in [-0.05, 0) is 25.1 Å². The highest BCUT2D eigenvalue weighted by Gasteiger charge is 2.31. The number of halogens is 4. The molecular weight excluding hydrogens is 298 g/mol. The van der Waals surface area contributed by atoms with E-state index in [9.17, 15) is 22.4 Å². The molecule has 2 aromatic rings. The van der Waals surface area contributed by atoms with Crippen LogP contribution in [0.3, 0.4) is 0 Å². The second kappa shape index (κ2) is 4.86. The number of thiazole rings is 1. The smallest absolute Gasteiger partial charge is 0.416 e. The van der Waals surface area contributed by atoms with Crippen molar-refractivity contribution in [3.05, 3.63) is 40.2 Å². The van der Waals surface area contributed by atoms with E-state index in [2.05, 4.69) is 4.98 Å². The van der Waals surface area contributed by atoms with Crippen LogP contribution in [-0.4, -0.2) is 16.1 Å². The number of carboxylic acids is 1. The minimum atomic E-state index is -4.68. The van der Waals surface area contributed by atoms with Crippen LogP contribution in [0.2, 0.25) is 0 Å². The largest absolute Gasteiger partial charge is 0.477 e. The van der Waals surface area contributed by atoms with E-state index in [1.807, 2.05) is 0 Å². The lowest BCUT2D eigenvalue weighted by atomic mass is 10.1. The Morgan fingerprint density at radius 1 is 1.30 bits per heavy atom. The quantitative estimate of drug-likeness (QED) is 0.854. The summed E-state index contributed by atoms with van der Waals surface area (Å²) in [4.78, 5) is 14.7. The van der Waals surface area contributed by atoms with Gasteiger partial charge in [-0.1, -0.05) is 0 Å². The average molecular weight is 305 g/mol. The van der Waals surface area contributed by atoms with E-state index < -0.39 is 23.5 Å². The van der Waals surface area contributed by atoms with Gasteiger partial charge in [-0.3, -0.25) is 0 Å². The molecule has 0 atom stereocenters. The molecule has 1 aromatic carbocycles. The van der Waals surface area contributed by atoms with E-state index in [0.717, 1.165) is 12.1 Å². The van der Waals surface area contributed by atoms with Gasteiger partial charge in [0.1, 0.15) is 15.7 Å². The molecule has 1 aromatic heterocycles. The summed E-state index contributed by atoms with van der Waals surface area (Å²) in [5.74, 6) is -2.28. The monoisotopic (exact) mass is 305 g/mol. The molecular formula is C12H7F4NO2S. The van der Waals surface area contributed by atoms with Crippen LogP contribution < -0.4 is 0 Å². The number of aromatic nitrogens is 1. The molecule has 0 saturated heterocycles. The zero-order valence-electron chi connectivity index (χ0n) is 9.95. The molecule has 1 N–H and O–H groups in total. The first-order chi connectivity index (χ1) is 9.18. The van der Waals surface area contributed by atoms with Crippen molar-refractivity contribution < 1.29 is 27.5 Å². The number of aromatic carboxylic acids is 1. The summed E-state index contributed by atoms with van der Waals surface area (Å²) in [5.41, 5.74) is -1.06. The molecule has 2 rings (SSSR count). The van der Waals surface area contributed by atoms with Crippen LogP contribution in [0.4, 0.5) is 17.6 Å². The van der Waals surface area contributed by atoms with E-state index in [-0.39, 0.29) is 21.1 Å². The number of alkyl halides is 3. The van der Waals surface area contributed by atoms with E-state index in [1.54, 1.807) is 0 Å². The van der Waals surface area contributed by atoms with Gasteiger partial charge in [0.15, 0.2) is 0 Å². The summed E-state index contributed by atoms with van der Waals surface area (Å²) in [6, 6.07) is 2.01. The molecule has 0 fully saturated rings. The molecule has 106 valence electrons. The summed E-state index contributed by atoms with van der Waals surface area (Å²) in [6.45, 7) is 1.42. The third-order valence-electron chi connectivity index (χ3n) is 2.46. The fraction of sp³-hybridized carbons (Fsp3) is 0.167. The zero-order chi connectivity index (χ0) is 15.1.